The first-order valence-corrected chi connectivity index (χ1v) is 31.4. The molecule has 28 N–H and O–H groups in total. The van der Waals surface area contributed by atoms with Crippen LogP contribution in [0, 0.1) is 5.92 Å². The number of imidazole rings is 1. The summed E-state index contributed by atoms with van der Waals surface area (Å²) < 4.78 is 0. The molecule has 1 aliphatic heterocycles. The monoisotopic (exact) mass is 1260 g/mol. The second-order valence-corrected chi connectivity index (χ2v) is 22.6. The molecular formula is C57H104N22O10. The Hall–Kier alpha value is -7.36. The van der Waals surface area contributed by atoms with E-state index in [1.165, 1.54) is 30.4 Å². The molecule has 10 amide bonds. The molecule has 3 rings (SSSR count). The Labute approximate surface area is 521 Å². The molecular weight excluding hydrogens is 1150 g/mol. The average Bonchev–Trinajstić information content (AvgIpc) is 1.75. The second kappa shape index (κ2) is 42.5. The number of likely N-dealkylation sites (tertiary alicyclic amines) is 1. The number of carbonyl (C=O) groups is 10. The third-order valence-electron chi connectivity index (χ3n) is 15.5. The topological polar surface area (TPSA) is 557 Å². The van der Waals surface area contributed by atoms with Gasteiger partial charge in [-0.2, -0.15) is 0 Å². The third kappa shape index (κ3) is 27.5. The van der Waals surface area contributed by atoms with Gasteiger partial charge in [0.2, 0.25) is 53.2 Å². The highest BCUT2D eigenvalue weighted by molar-refractivity contribution is 6.02. The summed E-state index contributed by atoms with van der Waals surface area (Å²) >= 11 is 0. The number of nitrogens with two attached hydrogens (primary N) is 9. The van der Waals surface area contributed by atoms with Gasteiger partial charge in [0, 0.05) is 37.4 Å². The molecule has 0 radical (unpaired) electrons. The van der Waals surface area contributed by atoms with Crippen molar-refractivity contribution in [2.24, 2.45) is 62.5 Å². The zero-order valence-corrected chi connectivity index (χ0v) is 51.8. The number of hydrogen-bond acceptors (Lipinski definition) is 19. The molecule has 1 aromatic rings. The van der Waals surface area contributed by atoms with Crippen molar-refractivity contribution in [1.82, 2.24) is 62.7 Å². The SMILES string of the molecule is C[C@H](NC(=O)[C@H](CCN)NC(=O)[C@@H](N)CCCCN)C(=O)NCC(=O)N[C@H](CCCN)C(=O)N1C2CCCCC2C[C@H]1C(=O)N[C@@H](Cc1cnc[nH]1)C(=O)N[C@@H](CCCCN)C(=O)N/C(=C\CCN=C(N)N)C(=O)N[C@@H](CCCCN)C(=O)NCCCCN. The highest BCUT2D eigenvalue weighted by atomic mass is 16.2. The van der Waals surface area contributed by atoms with Crippen molar-refractivity contribution in [3.63, 3.8) is 0 Å². The minimum absolute atomic E-state index is 0.0359. The summed E-state index contributed by atoms with van der Waals surface area (Å²) in [5, 5.41) is 24.2. The van der Waals surface area contributed by atoms with Gasteiger partial charge in [0.1, 0.15) is 48.0 Å². The van der Waals surface area contributed by atoms with Gasteiger partial charge in [0.05, 0.1) is 18.9 Å². The van der Waals surface area contributed by atoms with E-state index in [1.807, 2.05) is 0 Å². The van der Waals surface area contributed by atoms with Gasteiger partial charge in [0.15, 0.2) is 5.96 Å². The van der Waals surface area contributed by atoms with Gasteiger partial charge < -0.3 is 109 Å². The average molecular weight is 1260 g/mol. The summed E-state index contributed by atoms with van der Waals surface area (Å²) in [4.78, 5) is 152. The van der Waals surface area contributed by atoms with Gasteiger partial charge in [-0.25, -0.2) is 4.98 Å². The first-order chi connectivity index (χ1) is 42.7. The Morgan fingerprint density at radius 1 is 0.629 bits per heavy atom. The number of nitrogens with one attached hydrogen (secondary N) is 10. The van der Waals surface area contributed by atoms with Crippen LogP contribution in [0.5, 0.6) is 0 Å². The Morgan fingerprint density at radius 2 is 1.22 bits per heavy atom. The predicted molar refractivity (Wildman–Crippen MR) is 335 cm³/mol. The first kappa shape index (κ1) is 75.9. The van der Waals surface area contributed by atoms with Crippen LogP contribution in [0.4, 0.5) is 0 Å². The molecule has 32 nitrogen and oxygen atoms in total. The first-order valence-electron chi connectivity index (χ1n) is 31.4. The minimum Gasteiger partial charge on any atom is -0.370 e. The van der Waals surface area contributed by atoms with Crippen LogP contribution in [-0.2, 0) is 54.4 Å². The van der Waals surface area contributed by atoms with Crippen molar-refractivity contribution in [2.75, 3.05) is 58.9 Å². The molecule has 2 fully saturated rings. The van der Waals surface area contributed by atoms with Gasteiger partial charge in [-0.05, 0) is 161 Å². The van der Waals surface area contributed by atoms with Gasteiger partial charge in [0.25, 0.3) is 5.91 Å². The fourth-order valence-corrected chi connectivity index (χ4v) is 10.6. The number of aromatic nitrogens is 2. The number of amides is 10. The van der Waals surface area contributed by atoms with Crippen LogP contribution in [0.3, 0.4) is 0 Å². The summed E-state index contributed by atoms with van der Waals surface area (Å²) in [5.41, 5.74) is 51.7. The van der Waals surface area contributed by atoms with Crippen LogP contribution in [0.2, 0.25) is 0 Å². The number of H-pyrrole nitrogens is 1. The smallest absolute Gasteiger partial charge is 0.268 e. The number of unbranched alkanes of at least 4 members (excludes halogenated alkanes) is 4. The molecule has 10 atom stereocenters. The van der Waals surface area contributed by atoms with E-state index in [1.54, 1.807) is 0 Å². The maximum absolute atomic E-state index is 15.0. The normalized spacial score (nSPS) is 17.8. The van der Waals surface area contributed by atoms with Crippen molar-refractivity contribution in [2.45, 2.75) is 196 Å². The Kier molecular flexibility index (Phi) is 36.3. The summed E-state index contributed by atoms with van der Waals surface area (Å²) in [7, 11) is 0. The van der Waals surface area contributed by atoms with Crippen LogP contribution >= 0.6 is 0 Å². The molecule has 89 heavy (non-hydrogen) atoms. The lowest BCUT2D eigenvalue weighted by atomic mass is 9.84. The minimum atomic E-state index is -1.37. The van der Waals surface area contributed by atoms with E-state index < -0.39 is 120 Å². The molecule has 0 bridgehead atoms. The van der Waals surface area contributed by atoms with Gasteiger partial charge in [-0.15, -0.1) is 0 Å². The number of fused-ring (bicyclic) bond motifs is 1. The summed E-state index contributed by atoms with van der Waals surface area (Å²) in [6, 6.07) is -9.57. The van der Waals surface area contributed by atoms with E-state index in [9.17, 15) is 47.9 Å². The zero-order chi connectivity index (χ0) is 65.7. The Morgan fingerprint density at radius 3 is 1.85 bits per heavy atom. The van der Waals surface area contributed by atoms with E-state index in [0.29, 0.717) is 109 Å². The summed E-state index contributed by atoms with van der Waals surface area (Å²) in [5.74, 6) is -7.13. The fraction of sp³-hybridized carbons (Fsp3) is 0.719. The molecule has 0 aromatic carbocycles. The molecule has 1 saturated heterocycles. The van der Waals surface area contributed by atoms with Crippen LogP contribution in [0.1, 0.15) is 141 Å². The van der Waals surface area contributed by atoms with Gasteiger partial charge >= 0.3 is 0 Å². The van der Waals surface area contributed by atoms with E-state index in [0.717, 1.165) is 12.8 Å². The lowest BCUT2D eigenvalue weighted by molar-refractivity contribution is -0.144. The number of rotatable bonds is 44. The summed E-state index contributed by atoms with van der Waals surface area (Å²) in [6.45, 7) is 2.84. The van der Waals surface area contributed by atoms with Crippen LogP contribution < -0.4 is 99.5 Å². The van der Waals surface area contributed by atoms with Crippen molar-refractivity contribution in [1.29, 1.82) is 0 Å². The van der Waals surface area contributed by atoms with Crippen molar-refractivity contribution in [3.05, 3.63) is 30.0 Å². The molecule has 2 unspecified atom stereocenters. The number of aliphatic imine (C=N–C) groups is 1. The van der Waals surface area contributed by atoms with E-state index >= 15 is 0 Å². The molecule has 2 aliphatic rings. The van der Waals surface area contributed by atoms with Gasteiger partial charge in [-0.1, -0.05) is 25.3 Å². The van der Waals surface area contributed by atoms with Crippen LogP contribution in [0.25, 0.3) is 0 Å². The maximum Gasteiger partial charge on any atom is 0.268 e. The lowest BCUT2D eigenvalue weighted by Gasteiger charge is -2.36. The zero-order valence-electron chi connectivity index (χ0n) is 51.8. The second-order valence-electron chi connectivity index (χ2n) is 22.6. The number of aromatic amines is 1. The number of guanidine groups is 1. The predicted octanol–water partition coefficient (Wildman–Crippen LogP) is -5.52. The van der Waals surface area contributed by atoms with Crippen molar-refractivity contribution >= 4 is 65.0 Å². The van der Waals surface area contributed by atoms with Crippen molar-refractivity contribution < 1.29 is 47.9 Å². The van der Waals surface area contributed by atoms with Crippen LogP contribution in [-0.4, -0.2) is 193 Å². The molecule has 0 spiro atoms. The fourth-order valence-electron chi connectivity index (χ4n) is 10.6. The molecule has 502 valence electrons. The third-order valence-corrected chi connectivity index (χ3v) is 15.5. The standard InChI is InChI=1S/C57H104N22O10/c1-35(72-51(84)42(21-27-63)74-49(82)38(64)15-4-7-22-58)48(81)70-33-47(80)73-43(18-12-26-62)56(89)79-45-20-3-2-14-36(45)30-46(79)55(88)78-44(31-37-32-67-34-71-37)54(87)77-40(17-6-9-24-60)52(85)76-41(19-13-29-69-57(65)66)53(86)75-39(16-5-8-23-59)50(83)68-28-11-10-25-61/h19,32,34-36,38-40,42-46H,2-18,20-31,33,58-64H2,1H3,(H,67,71)(H,68,83)(H,70,81)(H,72,84)(H,73,80)(H,74,82)(H,75,86)(H,76,85)(H,77,87)(H,78,88)(H4,65,66,69)/b41-19-/t35-,36?,38-,39-,40-,42-,43+,44-,45?,46-/m0/s1. The number of carbonyl (C=O) groups excluding carboxylic acids is 10. The molecule has 1 saturated carbocycles. The van der Waals surface area contributed by atoms with E-state index in [-0.39, 0.29) is 88.7 Å². The van der Waals surface area contributed by atoms with E-state index in [2.05, 4.69) is 62.8 Å². The van der Waals surface area contributed by atoms with Crippen LogP contribution in [0.15, 0.2) is 29.3 Å². The quantitative estimate of drug-likeness (QED) is 0.0125. The summed E-state index contributed by atoms with van der Waals surface area (Å²) in [6.07, 6.45) is 12.8. The number of hydrogen-bond donors (Lipinski definition) is 19. The van der Waals surface area contributed by atoms with Crippen molar-refractivity contribution in [3.8, 4) is 0 Å². The molecule has 2 heterocycles. The number of nitrogens with zero attached hydrogens (tertiary/aromatic N) is 3. The molecule has 1 aliphatic carbocycles. The van der Waals surface area contributed by atoms with Gasteiger partial charge in [-0.3, -0.25) is 52.9 Å². The lowest BCUT2D eigenvalue weighted by Crippen LogP contribution is -2.60. The van der Waals surface area contributed by atoms with E-state index in [4.69, 9.17) is 51.6 Å². The maximum atomic E-state index is 15.0. The molecule has 1 aromatic heterocycles. The highest BCUT2D eigenvalue weighted by Crippen LogP contribution is 2.40. The Bertz CT molecular complexity index is 2450. The highest BCUT2D eigenvalue weighted by Gasteiger charge is 2.49. The Balaban J connectivity index is 1.88. The molecule has 32 heteroatoms. The largest absolute Gasteiger partial charge is 0.370 e.